The van der Waals surface area contributed by atoms with Gasteiger partial charge in [-0.3, -0.25) is 4.79 Å². The van der Waals surface area contributed by atoms with E-state index < -0.39 is 0 Å². The summed E-state index contributed by atoms with van der Waals surface area (Å²) in [6.45, 7) is 1.91. The lowest BCUT2D eigenvalue weighted by Gasteiger charge is -2.11. The molecule has 1 amide bonds. The molecule has 6 nitrogen and oxygen atoms in total. The number of ether oxygens (including phenoxy) is 2. The van der Waals surface area contributed by atoms with E-state index in [2.05, 4.69) is 10.3 Å². The highest BCUT2D eigenvalue weighted by Crippen LogP contribution is 2.32. The maximum atomic E-state index is 12.1. The average molecular weight is 372 g/mol. The van der Waals surface area contributed by atoms with Crippen LogP contribution in [-0.2, 0) is 11.2 Å². The molecule has 1 aromatic heterocycles. The summed E-state index contributed by atoms with van der Waals surface area (Å²) >= 11 is 0. The topological polar surface area (TPSA) is 73.6 Å². The number of aromatic nitrogens is 1. The average Bonchev–Trinajstić information content (AvgIpc) is 3.31. The van der Waals surface area contributed by atoms with Gasteiger partial charge in [-0.1, -0.05) is 12.8 Å². The highest BCUT2D eigenvalue weighted by molar-refractivity contribution is 5.76. The predicted molar refractivity (Wildman–Crippen MR) is 103 cm³/mol. The van der Waals surface area contributed by atoms with Gasteiger partial charge in [0.2, 0.25) is 11.8 Å². The number of hydrogen-bond donors (Lipinski definition) is 1. The van der Waals surface area contributed by atoms with Crippen molar-refractivity contribution in [1.82, 2.24) is 10.3 Å². The minimum Gasteiger partial charge on any atom is -0.493 e. The highest BCUT2D eigenvalue weighted by atomic mass is 16.5. The monoisotopic (exact) mass is 372 g/mol. The van der Waals surface area contributed by atoms with Crippen LogP contribution in [0.2, 0.25) is 0 Å². The summed E-state index contributed by atoms with van der Waals surface area (Å²) in [5.41, 5.74) is 1.73. The minimum absolute atomic E-state index is 0.142. The van der Waals surface area contributed by atoms with Gasteiger partial charge in [0.1, 0.15) is 5.76 Å². The highest BCUT2D eigenvalue weighted by Gasteiger charge is 2.18. The molecular formula is C21H28N2O4. The fourth-order valence-corrected chi connectivity index (χ4v) is 3.54. The third-order valence-corrected chi connectivity index (χ3v) is 5.06. The van der Waals surface area contributed by atoms with Crippen molar-refractivity contribution < 1.29 is 18.7 Å². The van der Waals surface area contributed by atoms with Gasteiger partial charge in [0.15, 0.2) is 11.5 Å². The van der Waals surface area contributed by atoms with E-state index in [4.69, 9.17) is 13.9 Å². The number of carbonyl (C=O) groups excluding carboxylic acids is 1. The molecule has 3 rings (SSSR count). The Morgan fingerprint density at radius 1 is 1.22 bits per heavy atom. The van der Waals surface area contributed by atoms with Crippen LogP contribution in [0.3, 0.4) is 0 Å². The molecular weight excluding hydrogens is 344 g/mol. The third-order valence-electron chi connectivity index (χ3n) is 5.06. The van der Waals surface area contributed by atoms with E-state index >= 15 is 0 Å². The second-order valence-corrected chi connectivity index (χ2v) is 6.99. The first-order chi connectivity index (χ1) is 13.1. The van der Waals surface area contributed by atoms with Crippen LogP contribution in [0.1, 0.15) is 50.0 Å². The molecule has 1 N–H and O–H groups in total. The van der Waals surface area contributed by atoms with Crippen molar-refractivity contribution >= 4 is 5.91 Å². The van der Waals surface area contributed by atoms with Gasteiger partial charge < -0.3 is 19.2 Å². The maximum Gasteiger partial charge on any atom is 0.226 e. The van der Waals surface area contributed by atoms with Crippen LogP contribution in [-0.4, -0.2) is 31.2 Å². The lowest BCUT2D eigenvalue weighted by atomic mass is 10.1. The van der Waals surface area contributed by atoms with E-state index in [-0.39, 0.29) is 5.91 Å². The minimum atomic E-state index is 0.142. The zero-order valence-corrected chi connectivity index (χ0v) is 16.3. The number of oxazole rings is 1. The Labute approximate surface area is 160 Å². The molecule has 1 aliphatic rings. The van der Waals surface area contributed by atoms with Crippen LogP contribution in [0.25, 0.3) is 11.5 Å². The number of amides is 1. The zero-order chi connectivity index (χ0) is 19.2. The summed E-state index contributed by atoms with van der Waals surface area (Å²) < 4.78 is 16.4. The molecule has 0 spiro atoms. The summed E-state index contributed by atoms with van der Waals surface area (Å²) in [6.07, 6.45) is 6.68. The number of aryl methyl sites for hydroxylation is 2. The van der Waals surface area contributed by atoms with Gasteiger partial charge in [-0.25, -0.2) is 4.98 Å². The fraction of sp³-hybridized carbons (Fsp3) is 0.524. The maximum absolute atomic E-state index is 12.1. The summed E-state index contributed by atoms with van der Waals surface area (Å²) in [6, 6.07) is 5.96. The number of hydrogen-bond acceptors (Lipinski definition) is 5. The molecule has 0 unspecified atom stereocenters. The third kappa shape index (κ3) is 4.81. The van der Waals surface area contributed by atoms with Crippen molar-refractivity contribution in [2.24, 2.45) is 0 Å². The number of nitrogens with zero attached hydrogens (tertiary/aromatic N) is 1. The van der Waals surface area contributed by atoms with E-state index in [0.29, 0.717) is 29.9 Å². The van der Waals surface area contributed by atoms with Crippen molar-refractivity contribution in [2.45, 2.75) is 57.9 Å². The molecule has 1 fully saturated rings. The van der Waals surface area contributed by atoms with Crippen molar-refractivity contribution in [3.8, 4) is 23.0 Å². The van der Waals surface area contributed by atoms with Gasteiger partial charge in [-0.15, -0.1) is 0 Å². The Balaban J connectivity index is 1.58. The molecule has 27 heavy (non-hydrogen) atoms. The molecule has 1 aliphatic carbocycles. The first kappa shape index (κ1) is 19.3. The first-order valence-electron chi connectivity index (χ1n) is 9.58. The molecule has 1 heterocycles. The van der Waals surface area contributed by atoms with Crippen LogP contribution in [0.15, 0.2) is 22.6 Å². The van der Waals surface area contributed by atoms with Crippen molar-refractivity contribution in [3.05, 3.63) is 29.7 Å². The normalized spacial score (nSPS) is 14.3. The second kappa shape index (κ2) is 8.93. The van der Waals surface area contributed by atoms with E-state index in [0.717, 1.165) is 42.7 Å². The SMILES string of the molecule is COc1ccc(-c2nc(CCCC(=O)NC3CCCC3)c(C)o2)cc1OC. The molecule has 1 aromatic carbocycles. The molecule has 1 saturated carbocycles. The Bertz CT molecular complexity index is 778. The molecule has 6 heteroatoms. The van der Waals surface area contributed by atoms with Crippen LogP contribution >= 0.6 is 0 Å². The summed E-state index contributed by atoms with van der Waals surface area (Å²) in [7, 11) is 3.21. The standard InChI is InChI=1S/C21H28N2O4/c1-14-17(9-6-10-20(24)22-16-7-4-5-8-16)23-21(27-14)15-11-12-18(25-2)19(13-15)26-3/h11-13,16H,4-10H2,1-3H3,(H,22,24). The van der Waals surface area contributed by atoms with Crippen molar-refractivity contribution in [1.29, 1.82) is 0 Å². The van der Waals surface area contributed by atoms with E-state index in [9.17, 15) is 4.79 Å². The Morgan fingerprint density at radius 2 is 1.96 bits per heavy atom. The second-order valence-electron chi connectivity index (χ2n) is 6.99. The largest absolute Gasteiger partial charge is 0.493 e. The van der Waals surface area contributed by atoms with Gasteiger partial charge in [0.05, 0.1) is 19.9 Å². The van der Waals surface area contributed by atoms with Crippen LogP contribution in [0.4, 0.5) is 0 Å². The quantitative estimate of drug-likeness (QED) is 0.757. The van der Waals surface area contributed by atoms with Crippen LogP contribution in [0.5, 0.6) is 11.5 Å². The first-order valence-corrected chi connectivity index (χ1v) is 9.58. The number of nitrogens with one attached hydrogen (secondary N) is 1. The molecule has 0 atom stereocenters. The van der Waals surface area contributed by atoms with Gasteiger partial charge in [0, 0.05) is 18.0 Å². The van der Waals surface area contributed by atoms with Gasteiger partial charge in [-0.2, -0.15) is 0 Å². The molecule has 0 bridgehead atoms. The lowest BCUT2D eigenvalue weighted by Crippen LogP contribution is -2.32. The van der Waals surface area contributed by atoms with Gasteiger partial charge in [-0.05, 0) is 50.8 Å². The number of carbonyl (C=O) groups is 1. The summed E-state index contributed by atoms with van der Waals surface area (Å²) in [5, 5.41) is 3.13. The molecule has 0 radical (unpaired) electrons. The van der Waals surface area contributed by atoms with Crippen LogP contribution < -0.4 is 14.8 Å². The van der Waals surface area contributed by atoms with Crippen LogP contribution in [0, 0.1) is 6.92 Å². The van der Waals surface area contributed by atoms with Crippen molar-refractivity contribution in [3.63, 3.8) is 0 Å². The number of methoxy groups -OCH3 is 2. The Morgan fingerprint density at radius 3 is 2.67 bits per heavy atom. The fourth-order valence-electron chi connectivity index (χ4n) is 3.54. The zero-order valence-electron chi connectivity index (χ0n) is 16.3. The lowest BCUT2D eigenvalue weighted by molar-refractivity contribution is -0.121. The molecule has 0 saturated heterocycles. The summed E-state index contributed by atoms with van der Waals surface area (Å²) in [5.74, 6) is 2.78. The smallest absolute Gasteiger partial charge is 0.226 e. The van der Waals surface area contributed by atoms with E-state index in [1.165, 1.54) is 12.8 Å². The predicted octanol–water partition coefficient (Wildman–Crippen LogP) is 4.05. The van der Waals surface area contributed by atoms with Gasteiger partial charge in [0.25, 0.3) is 0 Å². The Hall–Kier alpha value is -2.50. The Kier molecular flexibility index (Phi) is 6.37. The van der Waals surface area contributed by atoms with Crippen molar-refractivity contribution in [2.75, 3.05) is 14.2 Å². The summed E-state index contributed by atoms with van der Waals surface area (Å²) in [4.78, 5) is 16.7. The molecule has 146 valence electrons. The molecule has 0 aliphatic heterocycles. The number of rotatable bonds is 8. The van der Waals surface area contributed by atoms with E-state index in [1.807, 2.05) is 25.1 Å². The number of benzene rings is 1. The van der Waals surface area contributed by atoms with E-state index in [1.54, 1.807) is 14.2 Å². The molecule has 2 aromatic rings. The van der Waals surface area contributed by atoms with Gasteiger partial charge >= 0.3 is 0 Å².